The Kier molecular flexibility index (Phi) is 5.60. The molecule has 0 radical (unpaired) electrons. The van der Waals surface area contributed by atoms with Crippen LogP contribution in [0.3, 0.4) is 0 Å². The van der Waals surface area contributed by atoms with E-state index in [0.29, 0.717) is 23.4 Å². The predicted molar refractivity (Wildman–Crippen MR) is 99.6 cm³/mol. The first-order valence-corrected chi connectivity index (χ1v) is 10.7. The van der Waals surface area contributed by atoms with Crippen molar-refractivity contribution in [3.8, 4) is 0 Å². The maximum Gasteiger partial charge on any atom is 0.240 e. The quantitative estimate of drug-likeness (QED) is 0.626. The van der Waals surface area contributed by atoms with Gasteiger partial charge in [0.2, 0.25) is 5.91 Å². The smallest absolute Gasteiger partial charge is 0.240 e. The van der Waals surface area contributed by atoms with Crippen molar-refractivity contribution in [2.24, 2.45) is 11.0 Å². The Bertz CT molecular complexity index is 817. The molecule has 0 spiro atoms. The first-order chi connectivity index (χ1) is 12.3. The Morgan fingerprint density at radius 3 is 2.69 bits per heavy atom. The monoisotopic (exact) mass is 381 g/mol. The highest BCUT2D eigenvalue weighted by molar-refractivity contribution is 7.91. The molecule has 0 unspecified atom stereocenters. The summed E-state index contributed by atoms with van der Waals surface area (Å²) < 4.78 is 37.2. The van der Waals surface area contributed by atoms with Crippen molar-refractivity contribution in [2.75, 3.05) is 29.5 Å². The van der Waals surface area contributed by atoms with E-state index in [9.17, 15) is 17.6 Å². The number of carbonyl (C=O) groups is 1. The van der Waals surface area contributed by atoms with Gasteiger partial charge in [-0.1, -0.05) is 6.07 Å². The molecule has 1 aromatic carbocycles. The molecule has 1 N–H and O–H groups in total. The van der Waals surface area contributed by atoms with Crippen molar-refractivity contribution >= 4 is 27.1 Å². The Morgan fingerprint density at radius 1 is 1.35 bits per heavy atom. The topological polar surface area (TPSA) is 78.8 Å². The number of anilines is 1. The number of amides is 1. The fraction of sp³-hybridized carbons (Fsp3) is 0.556. The number of halogens is 1. The molecule has 0 aliphatic carbocycles. The molecule has 26 heavy (non-hydrogen) atoms. The van der Waals surface area contributed by atoms with Crippen LogP contribution in [0.2, 0.25) is 0 Å². The minimum absolute atomic E-state index is 0.0618. The second-order valence-electron chi connectivity index (χ2n) is 7.07. The third kappa shape index (κ3) is 4.60. The van der Waals surface area contributed by atoms with Gasteiger partial charge >= 0.3 is 0 Å². The summed E-state index contributed by atoms with van der Waals surface area (Å²) in [6.45, 7) is 3.44. The summed E-state index contributed by atoms with van der Waals surface area (Å²) in [5.74, 6) is -0.544. The van der Waals surface area contributed by atoms with Gasteiger partial charge in [0.25, 0.3) is 0 Å². The van der Waals surface area contributed by atoms with Crippen LogP contribution in [-0.4, -0.2) is 44.6 Å². The number of benzene rings is 1. The fourth-order valence-electron chi connectivity index (χ4n) is 3.50. The van der Waals surface area contributed by atoms with Gasteiger partial charge in [-0.25, -0.2) is 18.2 Å². The van der Waals surface area contributed by atoms with Crippen LogP contribution in [-0.2, 0) is 14.6 Å². The van der Waals surface area contributed by atoms with Crippen molar-refractivity contribution in [1.29, 1.82) is 0 Å². The minimum atomic E-state index is -2.99. The molecule has 8 heteroatoms. The molecule has 1 atom stereocenters. The predicted octanol–water partition coefficient (Wildman–Crippen LogP) is 2.09. The maximum atomic E-state index is 14.4. The standard InChI is InChI=1S/C18H24FN3O3S/c1-13(20-21-18(23)10-14-6-9-26(24,25)12-14)15-4-5-17(16(19)11-15)22-7-2-3-8-22/h4-5,11,14H,2-3,6-10,12H2,1H3,(H,21,23)/b20-13-/t14-/m1/s1. The van der Waals surface area contributed by atoms with E-state index >= 15 is 0 Å². The SMILES string of the molecule is C/C(=N/NC(=O)C[C@H]1CCS(=O)(=O)C1)c1ccc(N2CCCC2)c(F)c1. The van der Waals surface area contributed by atoms with E-state index in [4.69, 9.17) is 0 Å². The molecule has 2 saturated heterocycles. The van der Waals surface area contributed by atoms with E-state index in [1.54, 1.807) is 19.1 Å². The number of rotatable bonds is 5. The summed E-state index contributed by atoms with van der Waals surface area (Å²) in [4.78, 5) is 14.0. The Labute approximate surface area is 153 Å². The van der Waals surface area contributed by atoms with Crippen LogP contribution in [0, 0.1) is 11.7 Å². The van der Waals surface area contributed by atoms with Crippen LogP contribution < -0.4 is 10.3 Å². The van der Waals surface area contributed by atoms with E-state index in [-0.39, 0.29) is 35.6 Å². The van der Waals surface area contributed by atoms with Gasteiger partial charge in [0.1, 0.15) is 5.82 Å². The molecule has 2 aliphatic heterocycles. The summed E-state index contributed by atoms with van der Waals surface area (Å²) in [7, 11) is -2.99. The molecule has 2 aliphatic rings. The first kappa shape index (κ1) is 18.8. The molecular weight excluding hydrogens is 357 g/mol. The highest BCUT2D eigenvalue weighted by Gasteiger charge is 2.29. The van der Waals surface area contributed by atoms with Gasteiger partial charge in [0.05, 0.1) is 22.9 Å². The van der Waals surface area contributed by atoms with Gasteiger partial charge in [0.15, 0.2) is 9.84 Å². The third-order valence-electron chi connectivity index (χ3n) is 4.96. The largest absolute Gasteiger partial charge is 0.369 e. The average Bonchev–Trinajstić information content (AvgIpc) is 3.22. The van der Waals surface area contributed by atoms with Crippen LogP contribution >= 0.6 is 0 Å². The summed E-state index contributed by atoms with van der Waals surface area (Å²) in [5.41, 5.74) is 4.16. The molecule has 0 aromatic heterocycles. The van der Waals surface area contributed by atoms with Gasteiger partial charge in [-0.15, -0.1) is 0 Å². The number of carbonyl (C=O) groups excluding carboxylic acids is 1. The fourth-order valence-corrected chi connectivity index (χ4v) is 5.36. The molecule has 142 valence electrons. The lowest BCUT2D eigenvalue weighted by molar-refractivity contribution is -0.121. The second kappa shape index (κ2) is 7.73. The van der Waals surface area contributed by atoms with Crippen LogP contribution in [0.15, 0.2) is 23.3 Å². The van der Waals surface area contributed by atoms with Gasteiger partial charge < -0.3 is 4.90 Å². The summed E-state index contributed by atoms with van der Waals surface area (Å²) >= 11 is 0. The molecule has 1 amide bonds. The van der Waals surface area contributed by atoms with E-state index in [1.165, 1.54) is 6.07 Å². The second-order valence-corrected chi connectivity index (χ2v) is 9.29. The van der Waals surface area contributed by atoms with E-state index in [0.717, 1.165) is 25.9 Å². The van der Waals surface area contributed by atoms with E-state index < -0.39 is 9.84 Å². The Morgan fingerprint density at radius 2 is 2.08 bits per heavy atom. The van der Waals surface area contributed by atoms with Crippen LogP contribution in [0.25, 0.3) is 0 Å². The first-order valence-electron chi connectivity index (χ1n) is 8.92. The minimum Gasteiger partial charge on any atom is -0.369 e. The molecule has 1 aromatic rings. The lowest BCUT2D eigenvalue weighted by Crippen LogP contribution is -2.23. The maximum absolute atomic E-state index is 14.4. The van der Waals surface area contributed by atoms with Gasteiger partial charge in [0, 0.05) is 25.1 Å². The van der Waals surface area contributed by atoms with Crippen molar-refractivity contribution in [3.05, 3.63) is 29.6 Å². The average molecular weight is 381 g/mol. The molecule has 2 heterocycles. The lowest BCUT2D eigenvalue weighted by Gasteiger charge is -2.18. The van der Waals surface area contributed by atoms with Crippen LogP contribution in [0.5, 0.6) is 0 Å². The van der Waals surface area contributed by atoms with E-state index in [2.05, 4.69) is 10.5 Å². The number of hydrazone groups is 1. The normalized spacial score (nSPS) is 22.6. The third-order valence-corrected chi connectivity index (χ3v) is 6.80. The zero-order valence-corrected chi connectivity index (χ0v) is 15.7. The highest BCUT2D eigenvalue weighted by atomic mass is 32.2. The molecular formula is C18H24FN3O3S. The zero-order chi connectivity index (χ0) is 18.7. The molecule has 0 bridgehead atoms. The Balaban J connectivity index is 1.58. The number of nitrogens with one attached hydrogen (secondary N) is 1. The number of nitrogens with zero attached hydrogens (tertiary/aromatic N) is 2. The van der Waals surface area contributed by atoms with Crippen molar-refractivity contribution in [1.82, 2.24) is 5.43 Å². The summed E-state index contributed by atoms with van der Waals surface area (Å²) in [6, 6.07) is 4.98. The summed E-state index contributed by atoms with van der Waals surface area (Å²) in [5, 5.41) is 4.03. The van der Waals surface area contributed by atoms with Gasteiger partial charge in [-0.05, 0) is 44.2 Å². The summed E-state index contributed by atoms with van der Waals surface area (Å²) in [6.07, 6.45) is 2.81. The van der Waals surface area contributed by atoms with Gasteiger partial charge in [-0.3, -0.25) is 4.79 Å². The number of sulfone groups is 1. The van der Waals surface area contributed by atoms with Crippen molar-refractivity contribution < 1.29 is 17.6 Å². The van der Waals surface area contributed by atoms with Crippen LogP contribution in [0.4, 0.5) is 10.1 Å². The highest BCUT2D eigenvalue weighted by Crippen LogP contribution is 2.25. The number of hydrogen-bond acceptors (Lipinski definition) is 5. The number of hydrogen-bond donors (Lipinski definition) is 1. The Hall–Kier alpha value is -1.96. The van der Waals surface area contributed by atoms with Crippen molar-refractivity contribution in [2.45, 2.75) is 32.6 Å². The van der Waals surface area contributed by atoms with Crippen LogP contribution in [0.1, 0.15) is 38.2 Å². The van der Waals surface area contributed by atoms with E-state index in [1.807, 2.05) is 4.90 Å². The molecule has 0 saturated carbocycles. The van der Waals surface area contributed by atoms with Gasteiger partial charge in [-0.2, -0.15) is 5.10 Å². The molecule has 6 nitrogen and oxygen atoms in total. The molecule has 3 rings (SSSR count). The lowest BCUT2D eigenvalue weighted by atomic mass is 10.1. The van der Waals surface area contributed by atoms with Crippen molar-refractivity contribution in [3.63, 3.8) is 0 Å². The zero-order valence-electron chi connectivity index (χ0n) is 14.9. The molecule has 2 fully saturated rings.